The van der Waals surface area contributed by atoms with Crippen LogP contribution in [0.2, 0.25) is 0 Å². The van der Waals surface area contributed by atoms with Crippen LogP contribution < -0.4 is 9.84 Å². The van der Waals surface area contributed by atoms with E-state index in [4.69, 9.17) is 0 Å². The summed E-state index contributed by atoms with van der Waals surface area (Å²) >= 11 is 1.77. The standard InChI is InChI=1S/C8H12N4S/c1-2-6-13-12(11-4-1)8-3-5-9-7-10-8/h3,5,7,11H,1-2,4,6H2. The van der Waals surface area contributed by atoms with Gasteiger partial charge in [-0.25, -0.2) is 19.8 Å². The highest BCUT2D eigenvalue weighted by Gasteiger charge is 2.10. The summed E-state index contributed by atoms with van der Waals surface area (Å²) in [5.41, 5.74) is 3.30. The molecule has 0 spiro atoms. The number of rotatable bonds is 1. The fraction of sp³-hybridized carbons (Fsp3) is 0.500. The van der Waals surface area contributed by atoms with Crippen LogP contribution in [0, 0.1) is 0 Å². The Labute approximate surface area is 81.9 Å². The number of nitrogens with one attached hydrogen (secondary N) is 1. The second-order valence-electron chi connectivity index (χ2n) is 2.81. The van der Waals surface area contributed by atoms with Crippen molar-refractivity contribution in [2.45, 2.75) is 12.8 Å². The van der Waals surface area contributed by atoms with Crippen LogP contribution in [0.4, 0.5) is 5.82 Å². The molecule has 1 fully saturated rings. The molecule has 0 aliphatic carbocycles. The second-order valence-corrected chi connectivity index (χ2v) is 3.84. The van der Waals surface area contributed by atoms with E-state index in [0.29, 0.717) is 0 Å². The average molecular weight is 196 g/mol. The third kappa shape index (κ3) is 2.32. The Balaban J connectivity index is 2.06. The topological polar surface area (TPSA) is 41.0 Å². The van der Waals surface area contributed by atoms with E-state index in [0.717, 1.165) is 18.1 Å². The molecule has 1 aromatic rings. The summed E-state index contributed by atoms with van der Waals surface area (Å²) in [7, 11) is 0. The summed E-state index contributed by atoms with van der Waals surface area (Å²) < 4.78 is 2.02. The Kier molecular flexibility index (Phi) is 2.99. The minimum atomic E-state index is 0.932. The lowest BCUT2D eigenvalue weighted by Gasteiger charge is -2.19. The van der Waals surface area contributed by atoms with Crippen LogP contribution in [-0.4, -0.2) is 22.3 Å². The summed E-state index contributed by atoms with van der Waals surface area (Å²) in [5.74, 6) is 2.08. The van der Waals surface area contributed by atoms with Crippen LogP contribution in [0.5, 0.6) is 0 Å². The van der Waals surface area contributed by atoms with Gasteiger partial charge < -0.3 is 0 Å². The average Bonchev–Trinajstić information content (AvgIpc) is 2.47. The fourth-order valence-electron chi connectivity index (χ4n) is 1.16. The minimum absolute atomic E-state index is 0.932. The quantitative estimate of drug-likeness (QED) is 0.684. The molecule has 0 radical (unpaired) electrons. The van der Waals surface area contributed by atoms with Gasteiger partial charge in [0.15, 0.2) is 5.82 Å². The van der Waals surface area contributed by atoms with Crippen molar-refractivity contribution >= 4 is 17.8 Å². The van der Waals surface area contributed by atoms with Gasteiger partial charge in [-0.05, 0) is 24.8 Å². The molecule has 70 valence electrons. The first-order chi connectivity index (χ1) is 6.47. The molecule has 5 heteroatoms. The van der Waals surface area contributed by atoms with Crippen LogP contribution in [-0.2, 0) is 0 Å². The largest absolute Gasteiger partial charge is 0.245 e. The van der Waals surface area contributed by atoms with Crippen LogP contribution in [0.3, 0.4) is 0 Å². The molecular weight excluding hydrogens is 184 g/mol. The fourth-order valence-corrected chi connectivity index (χ4v) is 2.10. The molecule has 1 aliphatic heterocycles. The Hall–Kier alpha value is -0.810. The molecule has 1 aliphatic rings. The van der Waals surface area contributed by atoms with Crippen molar-refractivity contribution in [1.29, 1.82) is 0 Å². The van der Waals surface area contributed by atoms with E-state index in [9.17, 15) is 0 Å². The van der Waals surface area contributed by atoms with E-state index in [-0.39, 0.29) is 0 Å². The van der Waals surface area contributed by atoms with E-state index in [1.807, 2.05) is 10.5 Å². The first kappa shape index (κ1) is 8.77. The number of hydrogen-bond donors (Lipinski definition) is 1. The molecule has 1 saturated heterocycles. The zero-order valence-corrected chi connectivity index (χ0v) is 8.13. The smallest absolute Gasteiger partial charge is 0.156 e. The Morgan fingerprint density at radius 2 is 2.46 bits per heavy atom. The maximum absolute atomic E-state index is 4.18. The van der Waals surface area contributed by atoms with Gasteiger partial charge in [-0.3, -0.25) is 0 Å². The molecule has 2 heterocycles. The zero-order valence-electron chi connectivity index (χ0n) is 7.31. The third-order valence-electron chi connectivity index (χ3n) is 1.82. The normalized spacial score (nSPS) is 18.3. The van der Waals surface area contributed by atoms with Crippen molar-refractivity contribution in [1.82, 2.24) is 15.4 Å². The predicted molar refractivity (Wildman–Crippen MR) is 54.2 cm³/mol. The van der Waals surface area contributed by atoms with Gasteiger partial charge in [-0.1, -0.05) is 0 Å². The second kappa shape index (κ2) is 4.43. The number of anilines is 1. The van der Waals surface area contributed by atoms with Crippen LogP contribution >= 0.6 is 11.9 Å². The highest BCUT2D eigenvalue weighted by atomic mass is 32.2. The molecule has 2 rings (SSSR count). The Morgan fingerprint density at radius 1 is 1.46 bits per heavy atom. The van der Waals surface area contributed by atoms with Crippen molar-refractivity contribution in [2.24, 2.45) is 0 Å². The molecule has 1 aromatic heterocycles. The first-order valence-corrected chi connectivity index (χ1v) is 5.33. The number of nitrogens with zero attached hydrogens (tertiary/aromatic N) is 3. The van der Waals surface area contributed by atoms with E-state index in [1.165, 1.54) is 12.8 Å². The van der Waals surface area contributed by atoms with Crippen molar-refractivity contribution in [3.05, 3.63) is 18.6 Å². The highest BCUT2D eigenvalue weighted by Crippen LogP contribution is 2.19. The van der Waals surface area contributed by atoms with Crippen LogP contribution in [0.25, 0.3) is 0 Å². The number of hydrazine groups is 1. The molecule has 13 heavy (non-hydrogen) atoms. The minimum Gasteiger partial charge on any atom is -0.245 e. The van der Waals surface area contributed by atoms with Gasteiger partial charge in [-0.15, -0.1) is 0 Å². The lowest BCUT2D eigenvalue weighted by atomic mass is 10.3. The van der Waals surface area contributed by atoms with Gasteiger partial charge >= 0.3 is 0 Å². The van der Waals surface area contributed by atoms with Crippen molar-refractivity contribution in [3.8, 4) is 0 Å². The SMILES string of the molecule is c1cc(N2NCCCCS2)ncn1. The van der Waals surface area contributed by atoms with E-state index in [1.54, 1.807) is 24.5 Å². The maximum atomic E-state index is 4.18. The predicted octanol–water partition coefficient (Wildman–Crippen LogP) is 1.23. The van der Waals surface area contributed by atoms with E-state index in [2.05, 4.69) is 15.4 Å². The van der Waals surface area contributed by atoms with Crippen molar-refractivity contribution in [2.75, 3.05) is 16.7 Å². The molecule has 1 N–H and O–H groups in total. The van der Waals surface area contributed by atoms with E-state index >= 15 is 0 Å². The lowest BCUT2D eigenvalue weighted by Crippen LogP contribution is -2.32. The Morgan fingerprint density at radius 3 is 3.31 bits per heavy atom. The van der Waals surface area contributed by atoms with Gasteiger partial charge in [0.2, 0.25) is 0 Å². The molecule has 0 bridgehead atoms. The lowest BCUT2D eigenvalue weighted by molar-refractivity contribution is 0.690. The van der Waals surface area contributed by atoms with Gasteiger partial charge in [0.1, 0.15) is 6.33 Å². The Bertz CT molecular complexity index is 246. The number of aromatic nitrogens is 2. The summed E-state index contributed by atoms with van der Waals surface area (Å²) in [6, 6.07) is 1.91. The van der Waals surface area contributed by atoms with E-state index < -0.39 is 0 Å². The summed E-state index contributed by atoms with van der Waals surface area (Å²) in [6.45, 7) is 1.02. The van der Waals surface area contributed by atoms with Crippen molar-refractivity contribution < 1.29 is 0 Å². The van der Waals surface area contributed by atoms with Gasteiger partial charge in [0.25, 0.3) is 0 Å². The first-order valence-electron chi connectivity index (χ1n) is 4.39. The highest BCUT2D eigenvalue weighted by molar-refractivity contribution is 8.00. The maximum Gasteiger partial charge on any atom is 0.156 e. The molecule has 0 amide bonds. The molecule has 0 saturated carbocycles. The number of hydrogen-bond acceptors (Lipinski definition) is 5. The molecule has 0 unspecified atom stereocenters. The zero-order chi connectivity index (χ0) is 8.93. The van der Waals surface area contributed by atoms with Crippen molar-refractivity contribution in [3.63, 3.8) is 0 Å². The monoisotopic (exact) mass is 196 g/mol. The molecule has 0 atom stereocenters. The molecular formula is C8H12N4S. The van der Waals surface area contributed by atoms with Gasteiger partial charge in [0.05, 0.1) is 0 Å². The summed E-state index contributed by atoms with van der Waals surface area (Å²) in [6.07, 6.45) is 5.83. The summed E-state index contributed by atoms with van der Waals surface area (Å²) in [4.78, 5) is 8.06. The third-order valence-corrected chi connectivity index (χ3v) is 2.87. The molecule has 4 nitrogen and oxygen atoms in total. The van der Waals surface area contributed by atoms with Gasteiger partial charge in [-0.2, -0.15) is 0 Å². The van der Waals surface area contributed by atoms with Crippen LogP contribution in [0.15, 0.2) is 18.6 Å². The van der Waals surface area contributed by atoms with Gasteiger partial charge in [0, 0.05) is 24.6 Å². The van der Waals surface area contributed by atoms with Crippen LogP contribution in [0.1, 0.15) is 12.8 Å². The summed E-state index contributed by atoms with van der Waals surface area (Å²) in [5, 5.41) is 0. The molecule has 0 aromatic carbocycles.